The highest BCUT2D eigenvalue weighted by Gasteiger charge is 2.07. The topological polar surface area (TPSA) is 63.1 Å². The van der Waals surface area contributed by atoms with Crippen molar-refractivity contribution >= 4 is 5.97 Å². The third-order valence-electron chi connectivity index (χ3n) is 2.45. The van der Waals surface area contributed by atoms with Gasteiger partial charge in [0.15, 0.2) is 0 Å². The first-order valence-electron chi connectivity index (χ1n) is 5.33. The predicted octanol–water partition coefficient (Wildman–Crippen LogP) is 2.16. The van der Waals surface area contributed by atoms with Gasteiger partial charge in [-0.25, -0.2) is 0 Å². The van der Waals surface area contributed by atoms with E-state index in [9.17, 15) is 4.79 Å². The van der Waals surface area contributed by atoms with Gasteiger partial charge in [-0.3, -0.25) is 14.8 Å². The molecule has 0 saturated heterocycles. The number of nitrogens with zero attached hydrogens (tertiary/aromatic N) is 2. The van der Waals surface area contributed by atoms with Gasteiger partial charge in [0.05, 0.1) is 5.69 Å². The lowest BCUT2D eigenvalue weighted by atomic mass is 10.0. The van der Waals surface area contributed by atoms with Crippen LogP contribution in [0.15, 0.2) is 42.9 Å². The zero-order valence-corrected chi connectivity index (χ0v) is 9.21. The lowest BCUT2D eigenvalue weighted by molar-refractivity contribution is -0.136. The van der Waals surface area contributed by atoms with Crippen LogP contribution in [0.3, 0.4) is 0 Å². The first-order chi connectivity index (χ1) is 8.27. The van der Waals surface area contributed by atoms with E-state index in [4.69, 9.17) is 5.11 Å². The summed E-state index contributed by atoms with van der Waals surface area (Å²) in [6.45, 7) is 0. The van der Waals surface area contributed by atoms with Crippen molar-refractivity contribution in [3.63, 3.8) is 0 Å². The molecular weight excluding hydrogens is 216 g/mol. The fraction of sp³-hybridized carbons (Fsp3) is 0.154. The van der Waals surface area contributed by atoms with Gasteiger partial charge in [-0.2, -0.15) is 0 Å². The normalized spacial score (nSPS) is 10.1. The van der Waals surface area contributed by atoms with E-state index in [0.717, 1.165) is 16.8 Å². The summed E-state index contributed by atoms with van der Waals surface area (Å²) < 4.78 is 0. The lowest BCUT2D eigenvalue weighted by Crippen LogP contribution is -2.00. The third kappa shape index (κ3) is 2.87. The first-order valence-corrected chi connectivity index (χ1v) is 5.33. The highest BCUT2D eigenvalue weighted by Crippen LogP contribution is 2.21. The molecule has 0 atom stereocenters. The molecule has 0 aliphatic heterocycles. The molecule has 4 heteroatoms. The SMILES string of the molecule is O=C(O)CCc1cccnc1-c1ccncc1. The average Bonchev–Trinajstić information content (AvgIpc) is 2.38. The number of hydrogen-bond acceptors (Lipinski definition) is 3. The molecule has 4 nitrogen and oxygen atoms in total. The lowest BCUT2D eigenvalue weighted by Gasteiger charge is -2.06. The van der Waals surface area contributed by atoms with Crippen molar-refractivity contribution in [1.82, 2.24) is 9.97 Å². The number of hydrogen-bond donors (Lipinski definition) is 1. The molecule has 0 aliphatic carbocycles. The first kappa shape index (κ1) is 11.3. The quantitative estimate of drug-likeness (QED) is 0.871. The van der Waals surface area contributed by atoms with Crippen molar-refractivity contribution in [3.05, 3.63) is 48.4 Å². The van der Waals surface area contributed by atoms with Gasteiger partial charge in [-0.1, -0.05) is 6.07 Å². The van der Waals surface area contributed by atoms with Crippen molar-refractivity contribution in [2.75, 3.05) is 0 Å². The molecule has 0 aromatic carbocycles. The number of pyridine rings is 2. The zero-order chi connectivity index (χ0) is 12.1. The fourth-order valence-electron chi connectivity index (χ4n) is 1.65. The Morgan fingerprint density at radius 2 is 1.94 bits per heavy atom. The summed E-state index contributed by atoms with van der Waals surface area (Å²) in [5, 5.41) is 8.71. The summed E-state index contributed by atoms with van der Waals surface area (Å²) in [5.41, 5.74) is 2.73. The van der Waals surface area contributed by atoms with E-state index in [0.29, 0.717) is 6.42 Å². The number of aliphatic carboxylic acids is 1. The van der Waals surface area contributed by atoms with Crippen LogP contribution in [-0.4, -0.2) is 21.0 Å². The molecular formula is C13H12N2O2. The van der Waals surface area contributed by atoms with Crippen molar-refractivity contribution in [2.24, 2.45) is 0 Å². The molecule has 0 spiro atoms. The molecule has 0 saturated carbocycles. The molecule has 2 heterocycles. The average molecular weight is 228 g/mol. The minimum absolute atomic E-state index is 0.115. The molecule has 86 valence electrons. The number of rotatable bonds is 4. The summed E-state index contributed by atoms with van der Waals surface area (Å²) in [5.74, 6) is -0.797. The maximum absolute atomic E-state index is 10.6. The minimum Gasteiger partial charge on any atom is -0.481 e. The van der Waals surface area contributed by atoms with E-state index >= 15 is 0 Å². The molecule has 1 N–H and O–H groups in total. The van der Waals surface area contributed by atoms with Crippen LogP contribution in [0.1, 0.15) is 12.0 Å². The Labute approximate surface area is 99.0 Å². The van der Waals surface area contributed by atoms with Crippen LogP contribution in [0, 0.1) is 0 Å². The molecule has 2 rings (SSSR count). The summed E-state index contributed by atoms with van der Waals surface area (Å²) in [7, 11) is 0. The summed E-state index contributed by atoms with van der Waals surface area (Å²) >= 11 is 0. The number of carboxylic acids is 1. The summed E-state index contributed by atoms with van der Waals surface area (Å²) in [6.07, 6.45) is 5.71. The van der Waals surface area contributed by atoms with Gasteiger partial charge in [0.1, 0.15) is 0 Å². The van der Waals surface area contributed by atoms with Gasteiger partial charge in [0.2, 0.25) is 0 Å². The van der Waals surface area contributed by atoms with Crippen molar-refractivity contribution < 1.29 is 9.90 Å². The number of carboxylic acid groups (broad SMARTS) is 1. The third-order valence-corrected chi connectivity index (χ3v) is 2.45. The molecule has 0 amide bonds. The molecule has 2 aromatic heterocycles. The number of aryl methyl sites for hydroxylation is 1. The van der Waals surface area contributed by atoms with Crippen molar-refractivity contribution in [1.29, 1.82) is 0 Å². The smallest absolute Gasteiger partial charge is 0.303 e. The van der Waals surface area contributed by atoms with Crippen LogP contribution < -0.4 is 0 Å². The summed E-state index contributed by atoms with van der Waals surface area (Å²) in [6, 6.07) is 7.47. The molecule has 0 aliphatic rings. The van der Waals surface area contributed by atoms with Crippen LogP contribution >= 0.6 is 0 Å². The monoisotopic (exact) mass is 228 g/mol. The van der Waals surface area contributed by atoms with Crippen LogP contribution in [0.2, 0.25) is 0 Å². The highest BCUT2D eigenvalue weighted by molar-refractivity contribution is 5.68. The molecule has 0 bridgehead atoms. The second-order valence-electron chi connectivity index (χ2n) is 3.64. The van der Waals surface area contributed by atoms with Crippen molar-refractivity contribution in [2.45, 2.75) is 12.8 Å². The van der Waals surface area contributed by atoms with Gasteiger partial charge in [-0.15, -0.1) is 0 Å². The number of aromatic nitrogens is 2. The molecule has 17 heavy (non-hydrogen) atoms. The molecule has 0 fully saturated rings. The van der Waals surface area contributed by atoms with Gasteiger partial charge < -0.3 is 5.11 Å². The Morgan fingerprint density at radius 1 is 1.18 bits per heavy atom. The van der Waals surface area contributed by atoms with Crippen LogP contribution in [-0.2, 0) is 11.2 Å². The summed E-state index contributed by atoms with van der Waals surface area (Å²) in [4.78, 5) is 18.8. The fourth-order valence-corrected chi connectivity index (χ4v) is 1.65. The Kier molecular flexibility index (Phi) is 3.45. The van der Waals surface area contributed by atoms with Crippen LogP contribution in [0.5, 0.6) is 0 Å². The zero-order valence-electron chi connectivity index (χ0n) is 9.21. The Balaban J connectivity index is 2.31. The largest absolute Gasteiger partial charge is 0.481 e. The van der Waals surface area contributed by atoms with Crippen LogP contribution in [0.4, 0.5) is 0 Å². The second kappa shape index (κ2) is 5.21. The van der Waals surface area contributed by atoms with E-state index in [2.05, 4.69) is 9.97 Å². The van der Waals surface area contributed by atoms with E-state index in [1.54, 1.807) is 18.6 Å². The second-order valence-corrected chi connectivity index (χ2v) is 3.64. The van der Waals surface area contributed by atoms with Gasteiger partial charge >= 0.3 is 5.97 Å². The highest BCUT2D eigenvalue weighted by atomic mass is 16.4. The molecule has 0 radical (unpaired) electrons. The standard InChI is InChI=1S/C13H12N2O2/c16-12(17)4-3-10-2-1-7-15-13(10)11-5-8-14-9-6-11/h1-2,5-9H,3-4H2,(H,16,17). The van der Waals surface area contributed by atoms with E-state index in [1.807, 2.05) is 24.3 Å². The van der Waals surface area contributed by atoms with Crippen LogP contribution in [0.25, 0.3) is 11.3 Å². The van der Waals surface area contributed by atoms with Crippen molar-refractivity contribution in [3.8, 4) is 11.3 Å². The van der Waals surface area contributed by atoms with Gasteiger partial charge in [-0.05, 0) is 30.2 Å². The Bertz CT molecular complexity index is 512. The van der Waals surface area contributed by atoms with Gasteiger partial charge in [0.25, 0.3) is 0 Å². The van der Waals surface area contributed by atoms with Gasteiger partial charge in [0, 0.05) is 30.6 Å². The Hall–Kier alpha value is -2.23. The molecule has 0 unspecified atom stereocenters. The number of carbonyl (C=O) groups is 1. The maximum atomic E-state index is 10.6. The van der Waals surface area contributed by atoms with E-state index in [-0.39, 0.29) is 6.42 Å². The molecule has 2 aromatic rings. The van der Waals surface area contributed by atoms with E-state index < -0.39 is 5.97 Å². The maximum Gasteiger partial charge on any atom is 0.303 e. The minimum atomic E-state index is -0.797. The van der Waals surface area contributed by atoms with E-state index in [1.165, 1.54) is 0 Å². The Morgan fingerprint density at radius 3 is 2.65 bits per heavy atom. The predicted molar refractivity (Wildman–Crippen MR) is 63.4 cm³/mol.